The van der Waals surface area contributed by atoms with Gasteiger partial charge in [0, 0.05) is 40.9 Å². The summed E-state index contributed by atoms with van der Waals surface area (Å²) >= 11 is 0. The van der Waals surface area contributed by atoms with E-state index in [0.717, 1.165) is 54.0 Å². The number of unbranched alkanes of at least 4 members (excludes halogenated alkanes) is 2. The van der Waals surface area contributed by atoms with Crippen molar-refractivity contribution < 1.29 is 14.3 Å². The standard InChI is InChI=1S/C29H39NO3/c1-7-10-18-32-27-21-28(33-19-11-8-2)25(29(4,5)9-3)20-23(27)14-17-26(31)22-12-15-24(30-6)16-13-22/h9,12-17,20-21,30H,3,7-8,10-11,18-19H2,1-2,4-6H3. The number of hydrogen-bond donors (Lipinski definition) is 1. The summed E-state index contributed by atoms with van der Waals surface area (Å²) in [4.78, 5) is 12.8. The Kier molecular flexibility index (Phi) is 10.2. The zero-order chi connectivity index (χ0) is 24.3. The van der Waals surface area contributed by atoms with Gasteiger partial charge in [0.1, 0.15) is 11.5 Å². The van der Waals surface area contributed by atoms with Crippen molar-refractivity contribution in [3.8, 4) is 11.5 Å². The monoisotopic (exact) mass is 449 g/mol. The predicted molar refractivity (Wildman–Crippen MR) is 140 cm³/mol. The number of ketones is 1. The Morgan fingerprint density at radius 3 is 2.15 bits per heavy atom. The molecule has 0 saturated carbocycles. The minimum atomic E-state index is -0.293. The van der Waals surface area contributed by atoms with Gasteiger partial charge >= 0.3 is 0 Å². The highest BCUT2D eigenvalue weighted by Crippen LogP contribution is 2.38. The van der Waals surface area contributed by atoms with Crippen LogP contribution in [0.5, 0.6) is 11.5 Å². The molecule has 0 aliphatic heterocycles. The van der Waals surface area contributed by atoms with Crippen LogP contribution in [0.1, 0.15) is 74.9 Å². The minimum absolute atomic E-state index is 0.0510. The number of rotatable bonds is 14. The van der Waals surface area contributed by atoms with Gasteiger partial charge < -0.3 is 14.8 Å². The zero-order valence-electron chi connectivity index (χ0n) is 20.9. The maximum absolute atomic E-state index is 12.8. The van der Waals surface area contributed by atoms with E-state index in [4.69, 9.17) is 9.47 Å². The average molecular weight is 450 g/mol. The Morgan fingerprint density at radius 1 is 1.00 bits per heavy atom. The Morgan fingerprint density at radius 2 is 1.61 bits per heavy atom. The maximum atomic E-state index is 12.8. The van der Waals surface area contributed by atoms with Gasteiger partial charge in [-0.05, 0) is 55.3 Å². The number of nitrogens with one attached hydrogen (secondary N) is 1. The van der Waals surface area contributed by atoms with Crippen molar-refractivity contribution in [2.75, 3.05) is 25.6 Å². The first-order valence-electron chi connectivity index (χ1n) is 11.9. The molecule has 4 nitrogen and oxygen atoms in total. The molecule has 0 amide bonds. The molecule has 0 spiro atoms. The van der Waals surface area contributed by atoms with Crippen molar-refractivity contribution in [1.82, 2.24) is 0 Å². The first kappa shape index (κ1) is 26.2. The van der Waals surface area contributed by atoms with Gasteiger partial charge in [-0.1, -0.05) is 46.6 Å². The van der Waals surface area contributed by atoms with E-state index in [-0.39, 0.29) is 11.2 Å². The van der Waals surface area contributed by atoms with Crippen molar-refractivity contribution in [3.63, 3.8) is 0 Å². The maximum Gasteiger partial charge on any atom is 0.185 e. The zero-order valence-corrected chi connectivity index (χ0v) is 20.9. The summed E-state index contributed by atoms with van der Waals surface area (Å²) in [5.41, 5.74) is 3.21. The molecule has 0 aromatic heterocycles. The fraction of sp³-hybridized carbons (Fsp3) is 0.414. The van der Waals surface area contributed by atoms with Crippen LogP contribution in [-0.4, -0.2) is 26.0 Å². The van der Waals surface area contributed by atoms with Crippen LogP contribution in [0.3, 0.4) is 0 Å². The topological polar surface area (TPSA) is 47.6 Å². The van der Waals surface area contributed by atoms with Gasteiger partial charge in [0.15, 0.2) is 5.78 Å². The van der Waals surface area contributed by atoms with E-state index in [9.17, 15) is 4.79 Å². The lowest BCUT2D eigenvalue weighted by molar-refractivity contribution is 0.104. The fourth-order valence-electron chi connectivity index (χ4n) is 3.28. The third kappa shape index (κ3) is 7.52. The number of carbonyl (C=O) groups is 1. The molecular weight excluding hydrogens is 410 g/mol. The molecule has 2 aromatic carbocycles. The molecule has 0 atom stereocenters. The highest BCUT2D eigenvalue weighted by molar-refractivity contribution is 6.07. The third-order valence-electron chi connectivity index (χ3n) is 5.70. The number of anilines is 1. The molecule has 0 unspecified atom stereocenters. The normalized spacial score (nSPS) is 11.4. The highest BCUT2D eigenvalue weighted by atomic mass is 16.5. The van der Waals surface area contributed by atoms with Crippen LogP contribution < -0.4 is 14.8 Å². The van der Waals surface area contributed by atoms with Crippen LogP contribution in [0.15, 0.2) is 55.1 Å². The molecule has 33 heavy (non-hydrogen) atoms. The van der Waals surface area contributed by atoms with Crippen molar-refractivity contribution in [1.29, 1.82) is 0 Å². The molecule has 0 aliphatic rings. The van der Waals surface area contributed by atoms with Crippen LogP contribution >= 0.6 is 0 Å². The second-order valence-corrected chi connectivity index (χ2v) is 8.74. The largest absolute Gasteiger partial charge is 0.493 e. The van der Waals surface area contributed by atoms with E-state index in [1.807, 2.05) is 49.5 Å². The summed E-state index contributed by atoms with van der Waals surface area (Å²) in [6, 6.07) is 11.5. The molecule has 0 radical (unpaired) electrons. The molecule has 0 aliphatic carbocycles. The lowest BCUT2D eigenvalue weighted by Gasteiger charge is -2.25. The average Bonchev–Trinajstić information content (AvgIpc) is 2.83. The van der Waals surface area contributed by atoms with Gasteiger partial charge in [-0.3, -0.25) is 4.79 Å². The summed E-state index contributed by atoms with van der Waals surface area (Å²) in [6.45, 7) is 13.8. The van der Waals surface area contributed by atoms with Gasteiger partial charge in [-0.25, -0.2) is 0 Å². The van der Waals surface area contributed by atoms with Crippen molar-refractivity contribution in [2.45, 2.75) is 58.8 Å². The fourth-order valence-corrected chi connectivity index (χ4v) is 3.28. The van der Waals surface area contributed by atoms with Crippen LogP contribution in [0.2, 0.25) is 0 Å². The number of benzene rings is 2. The van der Waals surface area contributed by atoms with Gasteiger partial charge in [-0.2, -0.15) is 0 Å². The van der Waals surface area contributed by atoms with Crippen molar-refractivity contribution >= 4 is 17.5 Å². The van der Waals surface area contributed by atoms with Gasteiger partial charge in [0.2, 0.25) is 0 Å². The van der Waals surface area contributed by atoms with E-state index < -0.39 is 0 Å². The Bertz CT molecular complexity index is 942. The summed E-state index contributed by atoms with van der Waals surface area (Å²) in [5, 5.41) is 3.07. The summed E-state index contributed by atoms with van der Waals surface area (Å²) in [5.74, 6) is 1.49. The molecule has 0 heterocycles. The molecule has 4 heteroatoms. The second-order valence-electron chi connectivity index (χ2n) is 8.74. The van der Waals surface area contributed by atoms with Crippen LogP contribution in [0, 0.1) is 0 Å². The van der Waals surface area contributed by atoms with Gasteiger partial charge in [0.05, 0.1) is 13.2 Å². The van der Waals surface area contributed by atoms with Crippen LogP contribution in [0.25, 0.3) is 6.08 Å². The molecule has 2 rings (SSSR count). The number of hydrogen-bond acceptors (Lipinski definition) is 4. The van der Waals surface area contributed by atoms with E-state index >= 15 is 0 Å². The smallest absolute Gasteiger partial charge is 0.185 e. The Hall–Kier alpha value is -3.01. The van der Waals surface area contributed by atoms with E-state index in [0.29, 0.717) is 18.8 Å². The van der Waals surface area contributed by atoms with Gasteiger partial charge in [0.25, 0.3) is 0 Å². The van der Waals surface area contributed by atoms with Crippen molar-refractivity contribution in [3.05, 3.63) is 71.8 Å². The number of carbonyl (C=O) groups excluding carboxylic acids is 1. The first-order chi connectivity index (χ1) is 15.9. The first-order valence-corrected chi connectivity index (χ1v) is 11.9. The Labute approximate surface area is 199 Å². The quantitative estimate of drug-likeness (QED) is 0.141. The van der Waals surface area contributed by atoms with Crippen LogP contribution in [-0.2, 0) is 5.41 Å². The molecular formula is C29H39NO3. The SMILES string of the molecule is C=CC(C)(C)c1cc(C=CC(=O)c2ccc(NC)cc2)c(OCCCC)cc1OCCCC. The minimum Gasteiger partial charge on any atom is -0.493 e. The molecule has 0 saturated heterocycles. The molecule has 0 fully saturated rings. The molecule has 0 bridgehead atoms. The molecule has 1 N–H and O–H groups in total. The predicted octanol–water partition coefficient (Wildman–Crippen LogP) is 7.45. The number of allylic oxidation sites excluding steroid dienone is 2. The second kappa shape index (κ2) is 12.9. The Balaban J connectivity index is 2.44. The van der Waals surface area contributed by atoms with Crippen molar-refractivity contribution in [2.24, 2.45) is 0 Å². The van der Waals surface area contributed by atoms with Gasteiger partial charge in [-0.15, -0.1) is 6.58 Å². The summed E-state index contributed by atoms with van der Waals surface area (Å²) in [6.07, 6.45) is 9.45. The summed E-state index contributed by atoms with van der Waals surface area (Å²) in [7, 11) is 1.86. The highest BCUT2D eigenvalue weighted by Gasteiger charge is 2.23. The molecule has 178 valence electrons. The third-order valence-corrected chi connectivity index (χ3v) is 5.70. The lowest BCUT2D eigenvalue weighted by Crippen LogP contribution is -2.16. The van der Waals surface area contributed by atoms with Crippen LogP contribution in [0.4, 0.5) is 5.69 Å². The lowest BCUT2D eigenvalue weighted by atomic mass is 9.83. The summed E-state index contributed by atoms with van der Waals surface area (Å²) < 4.78 is 12.3. The molecule has 2 aromatic rings. The van der Waals surface area contributed by atoms with E-state index in [1.54, 1.807) is 6.08 Å². The number of ether oxygens (including phenoxy) is 2. The van der Waals surface area contributed by atoms with E-state index in [2.05, 4.69) is 45.7 Å². The van der Waals surface area contributed by atoms with E-state index in [1.165, 1.54) is 0 Å².